The van der Waals surface area contributed by atoms with Crippen LogP contribution in [0, 0.1) is 0 Å². The molecule has 0 bridgehead atoms. The molecule has 0 amide bonds. The summed E-state index contributed by atoms with van der Waals surface area (Å²) in [7, 11) is 0. The highest BCUT2D eigenvalue weighted by Gasteiger charge is 2.17. The highest BCUT2D eigenvalue weighted by atomic mass is 16.5. The van der Waals surface area contributed by atoms with E-state index in [4.69, 9.17) is 9.47 Å². The van der Waals surface area contributed by atoms with E-state index in [1.54, 1.807) is 6.92 Å². The maximum absolute atomic E-state index is 11.4. The molecule has 0 saturated heterocycles. The second-order valence-electron chi connectivity index (χ2n) is 4.71. The number of fused-ring (bicyclic) bond motifs is 1. The third kappa shape index (κ3) is 3.10. The third-order valence-electron chi connectivity index (χ3n) is 3.27. The number of carbonyl (C=O) groups excluding carboxylic acids is 1. The lowest BCUT2D eigenvalue weighted by atomic mass is 10.0. The van der Waals surface area contributed by atoms with Crippen molar-refractivity contribution in [3.05, 3.63) is 47.1 Å². The maximum Gasteiger partial charge on any atom is 0.330 e. The Balaban J connectivity index is 2.25. The van der Waals surface area contributed by atoms with E-state index in [-0.39, 0.29) is 5.97 Å². The summed E-state index contributed by atoms with van der Waals surface area (Å²) in [5.41, 5.74) is 4.77. The van der Waals surface area contributed by atoms with Gasteiger partial charge in [-0.1, -0.05) is 11.6 Å². The number of hydrogen-bond donors (Lipinski definition) is 0. The SMILES string of the molecule is CCOC(=O)/C=C/C1=C(C)Cc2ccc(OCC)cc21. The van der Waals surface area contributed by atoms with Crippen LogP contribution in [0.4, 0.5) is 0 Å². The first-order chi connectivity index (χ1) is 9.65. The van der Waals surface area contributed by atoms with E-state index in [1.165, 1.54) is 17.2 Å². The largest absolute Gasteiger partial charge is 0.494 e. The van der Waals surface area contributed by atoms with Crippen LogP contribution in [0.3, 0.4) is 0 Å². The molecule has 0 unspecified atom stereocenters. The molecule has 0 saturated carbocycles. The minimum atomic E-state index is -0.304. The van der Waals surface area contributed by atoms with Crippen LogP contribution >= 0.6 is 0 Å². The van der Waals surface area contributed by atoms with Crippen LogP contribution in [0.2, 0.25) is 0 Å². The van der Waals surface area contributed by atoms with Crippen LogP contribution in [0.15, 0.2) is 35.9 Å². The summed E-state index contributed by atoms with van der Waals surface area (Å²) in [6.45, 7) is 6.90. The van der Waals surface area contributed by atoms with Crippen LogP contribution in [0.5, 0.6) is 5.75 Å². The minimum absolute atomic E-state index is 0.304. The number of rotatable bonds is 5. The predicted molar refractivity (Wildman–Crippen MR) is 79.7 cm³/mol. The van der Waals surface area contributed by atoms with E-state index in [2.05, 4.69) is 13.0 Å². The summed E-state index contributed by atoms with van der Waals surface area (Å²) < 4.78 is 10.5. The van der Waals surface area contributed by atoms with Crippen molar-refractivity contribution in [2.45, 2.75) is 27.2 Å². The summed E-state index contributed by atoms with van der Waals surface area (Å²) in [5, 5.41) is 0. The zero-order valence-corrected chi connectivity index (χ0v) is 12.2. The lowest BCUT2D eigenvalue weighted by Crippen LogP contribution is -1.99. The Kier molecular flexibility index (Phi) is 4.61. The van der Waals surface area contributed by atoms with Gasteiger partial charge < -0.3 is 9.47 Å². The van der Waals surface area contributed by atoms with E-state index in [1.807, 2.05) is 25.1 Å². The third-order valence-corrected chi connectivity index (χ3v) is 3.27. The highest BCUT2D eigenvalue weighted by Crippen LogP contribution is 2.35. The molecule has 0 spiro atoms. The lowest BCUT2D eigenvalue weighted by molar-refractivity contribution is -0.137. The predicted octanol–water partition coefficient (Wildman–Crippen LogP) is 3.53. The Labute approximate surface area is 119 Å². The lowest BCUT2D eigenvalue weighted by Gasteiger charge is -2.07. The van der Waals surface area contributed by atoms with Crippen LogP contribution in [0.1, 0.15) is 31.9 Å². The van der Waals surface area contributed by atoms with Crippen molar-refractivity contribution in [1.82, 2.24) is 0 Å². The van der Waals surface area contributed by atoms with Gasteiger partial charge in [0.1, 0.15) is 5.75 Å². The number of benzene rings is 1. The molecular weight excluding hydrogens is 252 g/mol. The van der Waals surface area contributed by atoms with Crippen molar-refractivity contribution >= 4 is 11.5 Å². The van der Waals surface area contributed by atoms with Gasteiger partial charge >= 0.3 is 5.97 Å². The number of carbonyl (C=O) groups is 1. The fourth-order valence-corrected chi connectivity index (χ4v) is 2.40. The van der Waals surface area contributed by atoms with Crippen LogP contribution in [0.25, 0.3) is 5.57 Å². The molecule has 2 rings (SSSR count). The Bertz CT molecular complexity index is 568. The summed E-state index contributed by atoms with van der Waals surface area (Å²) >= 11 is 0. The average molecular weight is 272 g/mol. The first kappa shape index (κ1) is 14.4. The number of ether oxygens (including phenoxy) is 2. The van der Waals surface area contributed by atoms with Gasteiger partial charge in [0.2, 0.25) is 0 Å². The summed E-state index contributed by atoms with van der Waals surface area (Å²) in [6.07, 6.45) is 4.25. The van der Waals surface area contributed by atoms with Crippen molar-refractivity contribution in [2.75, 3.05) is 13.2 Å². The van der Waals surface area contributed by atoms with Crippen molar-refractivity contribution in [3.63, 3.8) is 0 Å². The van der Waals surface area contributed by atoms with E-state index in [9.17, 15) is 4.79 Å². The quantitative estimate of drug-likeness (QED) is 0.607. The molecule has 3 heteroatoms. The van der Waals surface area contributed by atoms with Gasteiger partial charge in [0.25, 0.3) is 0 Å². The average Bonchev–Trinajstić information content (AvgIpc) is 2.72. The number of esters is 1. The van der Waals surface area contributed by atoms with Crippen molar-refractivity contribution in [2.24, 2.45) is 0 Å². The molecule has 106 valence electrons. The van der Waals surface area contributed by atoms with Gasteiger partial charge in [-0.2, -0.15) is 0 Å². The van der Waals surface area contributed by atoms with E-state index in [0.717, 1.165) is 23.3 Å². The Hall–Kier alpha value is -2.03. The Morgan fingerprint density at radius 1 is 1.30 bits per heavy atom. The Morgan fingerprint density at radius 3 is 2.80 bits per heavy atom. The van der Waals surface area contributed by atoms with Crippen LogP contribution < -0.4 is 4.74 Å². The molecular formula is C17H20O3. The van der Waals surface area contributed by atoms with Gasteiger partial charge in [-0.15, -0.1) is 0 Å². The van der Waals surface area contributed by atoms with Gasteiger partial charge in [0.15, 0.2) is 0 Å². The molecule has 1 aliphatic carbocycles. The van der Waals surface area contributed by atoms with Gasteiger partial charge in [0, 0.05) is 6.08 Å². The Morgan fingerprint density at radius 2 is 2.10 bits per heavy atom. The van der Waals surface area contributed by atoms with Gasteiger partial charge in [-0.25, -0.2) is 4.79 Å². The molecule has 0 aliphatic heterocycles. The normalized spacial score (nSPS) is 13.8. The smallest absolute Gasteiger partial charge is 0.330 e. The van der Waals surface area contributed by atoms with Gasteiger partial charge in [0.05, 0.1) is 13.2 Å². The van der Waals surface area contributed by atoms with Crippen LogP contribution in [-0.2, 0) is 16.0 Å². The zero-order valence-electron chi connectivity index (χ0n) is 12.2. The van der Waals surface area contributed by atoms with Crippen molar-refractivity contribution in [1.29, 1.82) is 0 Å². The molecule has 1 aliphatic rings. The first-order valence-electron chi connectivity index (χ1n) is 6.96. The standard InChI is InChI=1S/C17H20O3/c1-4-19-14-7-6-13-10-12(3)15(16(13)11-14)8-9-17(18)20-5-2/h6-9,11H,4-5,10H2,1-3H3/b9-8+. The van der Waals surface area contributed by atoms with Crippen molar-refractivity contribution < 1.29 is 14.3 Å². The number of allylic oxidation sites excluding steroid dienone is 3. The monoisotopic (exact) mass is 272 g/mol. The molecule has 0 N–H and O–H groups in total. The number of hydrogen-bond acceptors (Lipinski definition) is 3. The zero-order chi connectivity index (χ0) is 14.5. The molecule has 0 aromatic heterocycles. The van der Waals surface area contributed by atoms with E-state index >= 15 is 0 Å². The van der Waals surface area contributed by atoms with E-state index in [0.29, 0.717) is 13.2 Å². The van der Waals surface area contributed by atoms with Gasteiger partial charge in [-0.3, -0.25) is 0 Å². The second kappa shape index (κ2) is 6.42. The highest BCUT2D eigenvalue weighted by molar-refractivity contribution is 5.90. The second-order valence-corrected chi connectivity index (χ2v) is 4.71. The summed E-state index contributed by atoms with van der Waals surface area (Å²) in [4.78, 5) is 11.4. The van der Waals surface area contributed by atoms with Crippen LogP contribution in [-0.4, -0.2) is 19.2 Å². The fraction of sp³-hybridized carbons (Fsp3) is 0.353. The first-order valence-corrected chi connectivity index (χ1v) is 6.96. The maximum atomic E-state index is 11.4. The summed E-state index contributed by atoms with van der Waals surface area (Å²) in [6, 6.07) is 6.13. The molecule has 0 fully saturated rings. The molecule has 0 radical (unpaired) electrons. The summed E-state index contributed by atoms with van der Waals surface area (Å²) in [5.74, 6) is 0.560. The van der Waals surface area contributed by atoms with Crippen molar-refractivity contribution in [3.8, 4) is 5.75 Å². The van der Waals surface area contributed by atoms with Gasteiger partial charge in [-0.05, 0) is 62.1 Å². The topological polar surface area (TPSA) is 35.5 Å². The molecule has 1 aromatic carbocycles. The molecule has 0 atom stereocenters. The molecule has 0 heterocycles. The van der Waals surface area contributed by atoms with E-state index < -0.39 is 0 Å². The molecule has 1 aromatic rings. The molecule has 3 nitrogen and oxygen atoms in total. The minimum Gasteiger partial charge on any atom is -0.494 e. The fourth-order valence-electron chi connectivity index (χ4n) is 2.40. The molecule has 20 heavy (non-hydrogen) atoms.